The molecule has 0 unspecified atom stereocenters. The number of carbonyl (C=O) groups excluding carboxylic acids is 1. The maximum absolute atomic E-state index is 14.3. The summed E-state index contributed by atoms with van der Waals surface area (Å²) in [6, 6.07) is 4.81. The summed E-state index contributed by atoms with van der Waals surface area (Å²) in [5, 5.41) is 7.25. The van der Waals surface area contributed by atoms with Crippen LogP contribution in [-0.2, 0) is 6.42 Å². The van der Waals surface area contributed by atoms with Crippen molar-refractivity contribution in [1.82, 2.24) is 24.9 Å². The number of carbonyl (C=O) groups is 1. The normalized spacial score (nSPS) is 22.2. The molecule has 0 aromatic carbocycles. The first-order chi connectivity index (χ1) is 13.6. The van der Waals surface area contributed by atoms with E-state index in [0.29, 0.717) is 24.1 Å². The summed E-state index contributed by atoms with van der Waals surface area (Å²) < 4.78 is 15.9. The Hall–Kier alpha value is -3.03. The molecular weight excluding hydrogens is 359 g/mol. The van der Waals surface area contributed by atoms with Gasteiger partial charge in [-0.15, -0.1) is 0 Å². The number of amides is 1. The third kappa shape index (κ3) is 2.89. The van der Waals surface area contributed by atoms with E-state index in [1.807, 2.05) is 19.2 Å². The number of rotatable bonds is 0. The Kier molecular flexibility index (Phi) is 3.99. The van der Waals surface area contributed by atoms with E-state index in [2.05, 4.69) is 15.3 Å². The number of hydrogen-bond donors (Lipinski definition) is 1. The molecule has 3 aromatic rings. The van der Waals surface area contributed by atoms with Gasteiger partial charge in [0.25, 0.3) is 5.91 Å². The zero-order valence-electron chi connectivity index (χ0n) is 15.6. The Balaban J connectivity index is 1.67. The number of aromatic nitrogens is 4. The summed E-state index contributed by atoms with van der Waals surface area (Å²) in [5.74, 6) is 0.287. The summed E-state index contributed by atoms with van der Waals surface area (Å²) in [6.45, 7) is 2.75. The minimum atomic E-state index is -0.267. The molecule has 0 spiro atoms. The van der Waals surface area contributed by atoms with E-state index in [9.17, 15) is 9.18 Å². The van der Waals surface area contributed by atoms with E-state index in [-0.39, 0.29) is 23.8 Å². The van der Waals surface area contributed by atoms with Crippen LogP contribution in [0.5, 0.6) is 0 Å². The molecule has 8 heteroatoms. The molecule has 2 atom stereocenters. The maximum atomic E-state index is 14.3. The zero-order chi connectivity index (χ0) is 19.3. The number of fused-ring (bicyclic) bond motifs is 6. The van der Waals surface area contributed by atoms with E-state index in [0.717, 1.165) is 36.6 Å². The summed E-state index contributed by atoms with van der Waals surface area (Å²) in [5.41, 5.74) is 2.45. The van der Waals surface area contributed by atoms with E-state index < -0.39 is 0 Å². The van der Waals surface area contributed by atoms with Crippen LogP contribution in [0.4, 0.5) is 10.2 Å². The minimum absolute atomic E-state index is 0.0232. The van der Waals surface area contributed by atoms with Crippen LogP contribution in [0.2, 0.25) is 0 Å². The first kappa shape index (κ1) is 17.1. The van der Waals surface area contributed by atoms with E-state index in [1.165, 1.54) is 12.1 Å². The molecule has 2 aliphatic heterocycles. The Morgan fingerprint density at radius 2 is 2.14 bits per heavy atom. The molecule has 3 aromatic heterocycles. The van der Waals surface area contributed by atoms with Gasteiger partial charge in [0.15, 0.2) is 5.65 Å². The van der Waals surface area contributed by atoms with Crippen molar-refractivity contribution in [2.24, 2.45) is 0 Å². The van der Waals surface area contributed by atoms with Gasteiger partial charge < -0.3 is 10.2 Å². The van der Waals surface area contributed by atoms with Gasteiger partial charge in [0.1, 0.15) is 17.2 Å². The van der Waals surface area contributed by atoms with Crippen molar-refractivity contribution in [3.05, 3.63) is 53.4 Å². The van der Waals surface area contributed by atoms with Crippen LogP contribution < -0.4 is 10.2 Å². The van der Waals surface area contributed by atoms with Gasteiger partial charge in [-0.3, -0.25) is 9.78 Å². The standard InChI is InChI=1S/C20H21FN6O/c1-12-4-5-14-9-13(21)10-16(24-14)17-3-2-7-26(17)18-6-8-27-19(25-18)15(11-22-27)20(28)23-12/h6,8-12,17H,2-5,7H2,1H3,(H,23,28)/t12-,17+/m0/s1. The SMILES string of the molecule is C[C@H]1CCc2cc(F)cc(n2)[C@H]2CCCN2c2ccn3ncc(c3n2)C(=O)N1. The quantitative estimate of drug-likeness (QED) is 0.649. The fourth-order valence-corrected chi connectivity index (χ4v) is 4.14. The molecule has 2 aliphatic rings. The fraction of sp³-hybridized carbons (Fsp3) is 0.400. The molecule has 1 N–H and O–H groups in total. The second-order valence-corrected chi connectivity index (χ2v) is 7.58. The molecule has 1 amide bonds. The van der Waals surface area contributed by atoms with Crippen molar-refractivity contribution in [2.75, 3.05) is 11.4 Å². The summed E-state index contributed by atoms with van der Waals surface area (Å²) >= 11 is 0. The van der Waals surface area contributed by atoms with Crippen molar-refractivity contribution in [1.29, 1.82) is 0 Å². The van der Waals surface area contributed by atoms with Crippen LogP contribution in [0, 0.1) is 5.82 Å². The molecule has 5 rings (SSSR count). The van der Waals surface area contributed by atoms with Gasteiger partial charge in [-0.05, 0) is 50.8 Å². The van der Waals surface area contributed by atoms with Crippen LogP contribution in [0.15, 0.2) is 30.6 Å². The molecule has 7 nitrogen and oxygen atoms in total. The highest BCUT2D eigenvalue weighted by Gasteiger charge is 2.30. The highest BCUT2D eigenvalue weighted by atomic mass is 19.1. The van der Waals surface area contributed by atoms with E-state index >= 15 is 0 Å². The summed E-state index contributed by atoms with van der Waals surface area (Å²) in [4.78, 5) is 24.4. The molecular formula is C20H21FN6O. The monoisotopic (exact) mass is 380 g/mol. The predicted molar refractivity (Wildman–Crippen MR) is 102 cm³/mol. The topological polar surface area (TPSA) is 75.4 Å². The van der Waals surface area contributed by atoms with E-state index in [4.69, 9.17) is 9.97 Å². The molecule has 0 aliphatic carbocycles. The van der Waals surface area contributed by atoms with Crippen LogP contribution in [0.3, 0.4) is 0 Å². The molecule has 5 heterocycles. The Morgan fingerprint density at radius 3 is 3.04 bits per heavy atom. The Labute approximate surface area is 161 Å². The van der Waals surface area contributed by atoms with Gasteiger partial charge in [0.05, 0.1) is 17.9 Å². The molecule has 1 fully saturated rings. The van der Waals surface area contributed by atoms with E-state index in [1.54, 1.807) is 10.7 Å². The third-order valence-corrected chi connectivity index (χ3v) is 5.56. The lowest BCUT2D eigenvalue weighted by Crippen LogP contribution is -2.33. The smallest absolute Gasteiger partial charge is 0.256 e. The van der Waals surface area contributed by atoms with Crippen LogP contribution in [0.1, 0.15) is 54.0 Å². The Bertz CT molecular complexity index is 1060. The van der Waals surface area contributed by atoms with Crippen molar-refractivity contribution in [2.45, 2.75) is 44.7 Å². The fourth-order valence-electron chi connectivity index (χ4n) is 4.14. The van der Waals surface area contributed by atoms with Crippen molar-refractivity contribution in [3.8, 4) is 0 Å². The summed E-state index contributed by atoms with van der Waals surface area (Å²) in [7, 11) is 0. The van der Waals surface area contributed by atoms with Gasteiger partial charge in [0, 0.05) is 24.5 Å². The summed E-state index contributed by atoms with van der Waals surface area (Å²) in [6.07, 6.45) is 6.52. The van der Waals surface area contributed by atoms with Crippen molar-refractivity contribution < 1.29 is 9.18 Å². The first-order valence-electron chi connectivity index (χ1n) is 9.67. The van der Waals surface area contributed by atoms with Gasteiger partial charge in [-0.2, -0.15) is 5.10 Å². The molecule has 4 bridgehead atoms. The number of aryl methyl sites for hydroxylation is 1. The van der Waals surface area contributed by atoms with Crippen molar-refractivity contribution >= 4 is 17.4 Å². The average Bonchev–Trinajstić information content (AvgIpc) is 3.31. The number of nitrogens with one attached hydrogen (secondary N) is 1. The molecule has 0 saturated carbocycles. The maximum Gasteiger partial charge on any atom is 0.256 e. The number of nitrogens with zero attached hydrogens (tertiary/aromatic N) is 5. The molecule has 28 heavy (non-hydrogen) atoms. The lowest BCUT2D eigenvalue weighted by molar-refractivity contribution is 0.0940. The number of anilines is 1. The minimum Gasteiger partial charge on any atom is -0.349 e. The Morgan fingerprint density at radius 1 is 1.25 bits per heavy atom. The zero-order valence-corrected chi connectivity index (χ0v) is 15.6. The molecule has 1 saturated heterocycles. The second-order valence-electron chi connectivity index (χ2n) is 7.58. The van der Waals surface area contributed by atoms with Gasteiger partial charge in [-0.1, -0.05) is 0 Å². The van der Waals surface area contributed by atoms with Gasteiger partial charge in [-0.25, -0.2) is 13.9 Å². The van der Waals surface area contributed by atoms with Gasteiger partial charge >= 0.3 is 0 Å². The number of hydrogen-bond acceptors (Lipinski definition) is 5. The van der Waals surface area contributed by atoms with Crippen LogP contribution >= 0.6 is 0 Å². The largest absolute Gasteiger partial charge is 0.349 e. The second kappa shape index (κ2) is 6.54. The molecule has 144 valence electrons. The van der Waals surface area contributed by atoms with Crippen molar-refractivity contribution in [3.63, 3.8) is 0 Å². The first-order valence-corrected chi connectivity index (χ1v) is 9.67. The lowest BCUT2D eigenvalue weighted by Gasteiger charge is -2.26. The third-order valence-electron chi connectivity index (χ3n) is 5.56. The average molecular weight is 380 g/mol. The van der Waals surface area contributed by atoms with Crippen LogP contribution in [-0.4, -0.2) is 38.1 Å². The van der Waals surface area contributed by atoms with Gasteiger partial charge in [0.2, 0.25) is 0 Å². The highest BCUT2D eigenvalue weighted by molar-refractivity contribution is 5.99. The molecule has 0 radical (unpaired) electrons. The predicted octanol–water partition coefficient (Wildman–Crippen LogP) is 2.67. The lowest BCUT2D eigenvalue weighted by atomic mass is 10.1. The number of halogens is 1. The highest BCUT2D eigenvalue weighted by Crippen LogP contribution is 2.35. The number of pyridine rings is 1. The van der Waals surface area contributed by atoms with Crippen LogP contribution in [0.25, 0.3) is 5.65 Å².